The van der Waals surface area contributed by atoms with Gasteiger partial charge in [0.05, 0.1) is 23.2 Å². The summed E-state index contributed by atoms with van der Waals surface area (Å²) >= 11 is 0. The molecule has 24 heavy (non-hydrogen) atoms. The zero-order chi connectivity index (χ0) is 17.1. The smallest absolute Gasteiger partial charge is 0.268 e. The Bertz CT molecular complexity index is 959. The van der Waals surface area contributed by atoms with Gasteiger partial charge < -0.3 is 0 Å². The fraction of sp³-hybridized carbons (Fsp3) is 0.0588. The Hall–Kier alpha value is -3.53. The molecule has 0 aliphatic carbocycles. The van der Waals surface area contributed by atoms with E-state index in [1.54, 1.807) is 35.3 Å². The number of nitro groups is 1. The zero-order valence-corrected chi connectivity index (χ0v) is 12.4. The molecule has 0 unspecified atom stereocenters. The number of hydrogen-bond acceptors (Lipinski definition) is 4. The Morgan fingerprint density at radius 1 is 1.29 bits per heavy atom. The Morgan fingerprint density at radius 2 is 2.08 bits per heavy atom. The topological polar surface area (TPSA) is 84.8 Å². The van der Waals surface area contributed by atoms with Crippen molar-refractivity contribution in [3.05, 3.63) is 81.9 Å². The van der Waals surface area contributed by atoms with Crippen molar-refractivity contribution < 1.29 is 9.31 Å². The minimum atomic E-state index is -0.549. The van der Waals surface area contributed by atoms with Gasteiger partial charge in [-0.3, -0.25) is 14.8 Å². The maximum absolute atomic E-state index is 13.7. The van der Waals surface area contributed by atoms with Gasteiger partial charge in [-0.25, -0.2) is 4.39 Å². The molecule has 0 saturated heterocycles. The molecule has 0 saturated carbocycles. The second kappa shape index (κ2) is 6.30. The van der Waals surface area contributed by atoms with Crippen LogP contribution in [0, 0.1) is 27.3 Å². The number of nitro benzene ring substituents is 1. The summed E-state index contributed by atoms with van der Waals surface area (Å²) in [5, 5.41) is 24.2. The summed E-state index contributed by atoms with van der Waals surface area (Å²) in [6.45, 7) is 0.252. The van der Waals surface area contributed by atoms with E-state index in [9.17, 15) is 19.8 Å². The van der Waals surface area contributed by atoms with Crippen molar-refractivity contribution in [2.75, 3.05) is 0 Å². The van der Waals surface area contributed by atoms with Crippen molar-refractivity contribution in [3.8, 4) is 17.2 Å². The van der Waals surface area contributed by atoms with Crippen LogP contribution >= 0.6 is 0 Å². The average Bonchev–Trinajstić information content (AvgIpc) is 3.04. The van der Waals surface area contributed by atoms with E-state index in [0.717, 1.165) is 0 Å². The van der Waals surface area contributed by atoms with Crippen molar-refractivity contribution in [1.29, 1.82) is 5.26 Å². The molecule has 0 aliphatic rings. The number of rotatable bonds is 4. The van der Waals surface area contributed by atoms with Crippen molar-refractivity contribution in [2.45, 2.75) is 6.54 Å². The van der Waals surface area contributed by atoms with Crippen LogP contribution in [0.1, 0.15) is 11.1 Å². The summed E-state index contributed by atoms with van der Waals surface area (Å²) in [4.78, 5) is 10.3. The monoisotopic (exact) mass is 322 g/mol. The van der Waals surface area contributed by atoms with Crippen LogP contribution in [0.4, 0.5) is 10.1 Å². The van der Waals surface area contributed by atoms with Gasteiger partial charge in [-0.2, -0.15) is 10.4 Å². The molecule has 1 aromatic heterocycles. The number of nitriles is 1. The van der Waals surface area contributed by atoms with Crippen LogP contribution in [0.15, 0.2) is 54.9 Å². The molecule has 0 aliphatic heterocycles. The molecular formula is C17H11FN4O2. The molecule has 0 amide bonds. The van der Waals surface area contributed by atoms with E-state index in [2.05, 4.69) is 5.10 Å². The van der Waals surface area contributed by atoms with Gasteiger partial charge in [0.1, 0.15) is 11.9 Å². The SMILES string of the molecule is N#Cc1cc([N+](=O)[O-])ccc1-c1cnn(Cc2ccccc2F)c1. The number of halogens is 1. The first-order valence-electron chi connectivity index (χ1n) is 7.03. The molecule has 7 heteroatoms. The van der Waals surface area contributed by atoms with Crippen LogP contribution in [0.25, 0.3) is 11.1 Å². The van der Waals surface area contributed by atoms with Crippen LogP contribution < -0.4 is 0 Å². The molecule has 0 atom stereocenters. The average molecular weight is 322 g/mol. The lowest BCUT2D eigenvalue weighted by Crippen LogP contribution is -2.01. The summed E-state index contributed by atoms with van der Waals surface area (Å²) in [5.41, 5.74) is 1.72. The van der Waals surface area contributed by atoms with Crippen LogP contribution in [-0.2, 0) is 6.54 Å². The molecule has 0 N–H and O–H groups in total. The zero-order valence-electron chi connectivity index (χ0n) is 12.4. The van der Waals surface area contributed by atoms with Crippen LogP contribution in [0.5, 0.6) is 0 Å². The van der Waals surface area contributed by atoms with Crippen molar-refractivity contribution in [1.82, 2.24) is 9.78 Å². The maximum atomic E-state index is 13.7. The van der Waals surface area contributed by atoms with Gasteiger partial charge in [0.25, 0.3) is 5.69 Å². The number of benzene rings is 2. The van der Waals surface area contributed by atoms with E-state index < -0.39 is 4.92 Å². The highest BCUT2D eigenvalue weighted by Crippen LogP contribution is 2.26. The van der Waals surface area contributed by atoms with Gasteiger partial charge in [-0.1, -0.05) is 18.2 Å². The lowest BCUT2D eigenvalue weighted by Gasteiger charge is -2.03. The summed E-state index contributed by atoms with van der Waals surface area (Å²) in [5.74, 6) is -0.317. The van der Waals surface area contributed by atoms with Crippen LogP contribution in [0.2, 0.25) is 0 Å². The number of nitrogens with zero attached hydrogens (tertiary/aromatic N) is 4. The van der Waals surface area contributed by atoms with E-state index in [1.807, 2.05) is 6.07 Å². The second-order valence-electron chi connectivity index (χ2n) is 5.12. The molecular weight excluding hydrogens is 311 g/mol. The van der Waals surface area contributed by atoms with Gasteiger partial charge in [0.2, 0.25) is 0 Å². The molecule has 0 fully saturated rings. The van der Waals surface area contributed by atoms with Gasteiger partial charge >= 0.3 is 0 Å². The number of aromatic nitrogens is 2. The first-order chi connectivity index (χ1) is 11.6. The molecule has 0 spiro atoms. The minimum absolute atomic E-state index is 0.144. The van der Waals surface area contributed by atoms with E-state index in [0.29, 0.717) is 16.7 Å². The molecule has 0 radical (unpaired) electrons. The Labute approximate surface area is 136 Å². The Kier molecular flexibility index (Phi) is 4.03. The lowest BCUT2D eigenvalue weighted by atomic mass is 10.0. The van der Waals surface area contributed by atoms with Crippen molar-refractivity contribution in [3.63, 3.8) is 0 Å². The summed E-state index contributed by atoms with van der Waals surface area (Å²) < 4.78 is 15.2. The highest BCUT2D eigenvalue weighted by atomic mass is 19.1. The minimum Gasteiger partial charge on any atom is -0.268 e. The second-order valence-corrected chi connectivity index (χ2v) is 5.12. The number of hydrogen-bond donors (Lipinski definition) is 0. The van der Waals surface area contributed by atoms with E-state index in [1.165, 1.54) is 24.3 Å². The highest BCUT2D eigenvalue weighted by molar-refractivity contribution is 5.71. The summed E-state index contributed by atoms with van der Waals surface area (Å²) in [6.07, 6.45) is 3.22. The molecule has 1 heterocycles. The van der Waals surface area contributed by atoms with Crippen LogP contribution in [0.3, 0.4) is 0 Å². The predicted octanol–water partition coefficient (Wildman–Crippen LogP) is 3.52. The fourth-order valence-electron chi connectivity index (χ4n) is 2.38. The first kappa shape index (κ1) is 15.4. The molecule has 3 rings (SSSR count). The lowest BCUT2D eigenvalue weighted by molar-refractivity contribution is -0.384. The largest absolute Gasteiger partial charge is 0.270 e. The third kappa shape index (κ3) is 2.98. The molecule has 118 valence electrons. The third-order valence-electron chi connectivity index (χ3n) is 3.57. The molecule has 3 aromatic rings. The first-order valence-corrected chi connectivity index (χ1v) is 7.03. The molecule has 0 bridgehead atoms. The third-order valence-corrected chi connectivity index (χ3v) is 3.57. The van der Waals surface area contributed by atoms with Crippen LogP contribution in [-0.4, -0.2) is 14.7 Å². The normalized spacial score (nSPS) is 10.3. The standard InChI is InChI=1S/C17H11FN4O2/c18-17-4-2-1-3-12(17)10-21-11-14(9-20-21)16-6-5-15(22(23)24)7-13(16)8-19/h1-7,9,11H,10H2. The maximum Gasteiger partial charge on any atom is 0.270 e. The summed E-state index contributed by atoms with van der Waals surface area (Å²) in [7, 11) is 0. The summed E-state index contributed by atoms with van der Waals surface area (Å²) in [6, 6.07) is 12.4. The van der Waals surface area contributed by atoms with Crippen molar-refractivity contribution >= 4 is 5.69 Å². The molecule has 2 aromatic carbocycles. The fourth-order valence-corrected chi connectivity index (χ4v) is 2.38. The van der Waals surface area contributed by atoms with Gasteiger partial charge in [-0.05, 0) is 12.1 Å². The quantitative estimate of drug-likeness (QED) is 0.543. The van der Waals surface area contributed by atoms with E-state index in [4.69, 9.17) is 0 Å². The van der Waals surface area contributed by atoms with Gasteiger partial charge in [0, 0.05) is 35.0 Å². The number of non-ortho nitro benzene ring substituents is 1. The molecule has 6 nitrogen and oxygen atoms in total. The predicted molar refractivity (Wildman–Crippen MR) is 84.5 cm³/mol. The van der Waals surface area contributed by atoms with Gasteiger partial charge in [-0.15, -0.1) is 0 Å². The Balaban J connectivity index is 1.92. The highest BCUT2D eigenvalue weighted by Gasteiger charge is 2.13. The van der Waals surface area contributed by atoms with Crippen molar-refractivity contribution in [2.24, 2.45) is 0 Å². The Morgan fingerprint density at radius 3 is 2.79 bits per heavy atom. The van der Waals surface area contributed by atoms with E-state index in [-0.39, 0.29) is 23.6 Å². The van der Waals surface area contributed by atoms with Gasteiger partial charge in [0.15, 0.2) is 0 Å². The van der Waals surface area contributed by atoms with E-state index >= 15 is 0 Å².